The zero-order chi connectivity index (χ0) is 30.1. The molecule has 14 heteroatoms. The maximum Gasteiger partial charge on any atom is 0.390 e. The fourth-order valence-corrected chi connectivity index (χ4v) is 5.16. The van der Waals surface area contributed by atoms with Gasteiger partial charge in [0, 0.05) is 63.3 Å². The number of hydrogen-bond acceptors (Lipinski definition) is 7. The fraction of sp³-hybridized carbons (Fsp3) is 0.276. The minimum absolute atomic E-state index is 0.0463. The molecule has 1 N–H and O–H groups in total. The lowest BCUT2D eigenvalue weighted by molar-refractivity contribution is -0.138. The molecule has 1 aliphatic rings. The Hall–Kier alpha value is -4.85. The molecular weight excluding hydrogens is 566 g/mol. The van der Waals surface area contributed by atoms with Gasteiger partial charge < -0.3 is 10.2 Å². The number of nitrogens with zero attached hydrogens (tertiary/aromatic N) is 8. The van der Waals surface area contributed by atoms with Crippen molar-refractivity contribution in [3.8, 4) is 22.5 Å². The largest absolute Gasteiger partial charge is 0.390 e. The van der Waals surface area contributed by atoms with E-state index in [4.69, 9.17) is 10.2 Å². The molecule has 5 heterocycles. The average Bonchev–Trinajstić information content (AvgIpc) is 3.56. The second-order valence-corrected chi connectivity index (χ2v) is 10.2. The van der Waals surface area contributed by atoms with Gasteiger partial charge in [-0.3, -0.25) is 19.4 Å². The number of alkyl halides is 3. The Labute approximate surface area is 243 Å². The molecule has 0 atom stereocenters. The lowest BCUT2D eigenvalue weighted by atomic mass is 10.0. The summed E-state index contributed by atoms with van der Waals surface area (Å²) in [4.78, 5) is 24.9. The Morgan fingerprint density at radius 2 is 1.67 bits per heavy atom. The molecule has 1 amide bonds. The number of aromatic nitrogens is 6. The standard InChI is InChI=1S/C29H27F4N9O/c1-39-28(41-16-14-40(15-17-41)13-10-29(31,32)33)25(26(38-39)19-2-4-21(30)5-3-19)22-6-7-24-35-23(18-42(24)37-22)36-27(43)20-8-11-34-12-9-20/h2-9,11-12,18H,10,13-17H2,1H3,(H,36,43). The van der Waals surface area contributed by atoms with Gasteiger partial charge in [0.2, 0.25) is 0 Å². The second-order valence-electron chi connectivity index (χ2n) is 10.2. The molecule has 10 nitrogen and oxygen atoms in total. The summed E-state index contributed by atoms with van der Waals surface area (Å²) < 4.78 is 55.4. The summed E-state index contributed by atoms with van der Waals surface area (Å²) in [6.45, 7) is 1.86. The lowest BCUT2D eigenvalue weighted by Gasteiger charge is -2.36. The van der Waals surface area contributed by atoms with E-state index in [0.717, 1.165) is 5.82 Å². The van der Waals surface area contributed by atoms with Crippen molar-refractivity contribution in [1.29, 1.82) is 0 Å². The first-order valence-electron chi connectivity index (χ1n) is 13.6. The molecular formula is C29H27F4N9O. The van der Waals surface area contributed by atoms with E-state index in [1.165, 1.54) is 24.5 Å². The molecule has 0 bridgehead atoms. The van der Waals surface area contributed by atoms with E-state index < -0.39 is 12.6 Å². The van der Waals surface area contributed by atoms with Crippen LogP contribution in [-0.2, 0) is 7.05 Å². The normalized spacial score (nSPS) is 14.4. The molecule has 222 valence electrons. The van der Waals surface area contributed by atoms with Crippen LogP contribution in [0.15, 0.2) is 67.1 Å². The number of piperazine rings is 1. The van der Waals surface area contributed by atoms with Gasteiger partial charge >= 0.3 is 6.18 Å². The fourth-order valence-electron chi connectivity index (χ4n) is 5.16. The van der Waals surface area contributed by atoms with Gasteiger partial charge in [-0.05, 0) is 48.5 Å². The summed E-state index contributed by atoms with van der Waals surface area (Å²) in [5.41, 5.74) is 3.44. The molecule has 1 aliphatic heterocycles. The van der Waals surface area contributed by atoms with Crippen LogP contribution in [0.5, 0.6) is 0 Å². The van der Waals surface area contributed by atoms with Crippen molar-refractivity contribution in [2.24, 2.45) is 7.05 Å². The number of hydrogen-bond donors (Lipinski definition) is 1. The summed E-state index contributed by atoms with van der Waals surface area (Å²) in [5.74, 6) is 0.337. The van der Waals surface area contributed by atoms with E-state index in [-0.39, 0.29) is 18.3 Å². The number of nitrogens with one attached hydrogen (secondary N) is 1. The Morgan fingerprint density at radius 3 is 2.37 bits per heavy atom. The van der Waals surface area contributed by atoms with Crippen LogP contribution in [0, 0.1) is 5.82 Å². The highest BCUT2D eigenvalue weighted by Gasteiger charge is 2.31. The molecule has 6 rings (SSSR count). The molecule has 5 aromatic rings. The molecule has 4 aromatic heterocycles. The first kappa shape index (κ1) is 28.3. The third-order valence-corrected chi connectivity index (χ3v) is 7.28. The maximum atomic E-state index is 13.8. The van der Waals surface area contributed by atoms with Crippen LogP contribution in [0.2, 0.25) is 0 Å². The first-order valence-corrected chi connectivity index (χ1v) is 13.6. The van der Waals surface area contributed by atoms with Crippen molar-refractivity contribution in [2.45, 2.75) is 12.6 Å². The number of pyridine rings is 1. The highest BCUT2D eigenvalue weighted by molar-refractivity contribution is 6.03. The number of carbonyl (C=O) groups is 1. The molecule has 1 aromatic carbocycles. The van der Waals surface area contributed by atoms with Gasteiger partial charge in [0.1, 0.15) is 17.3 Å². The number of amides is 1. The van der Waals surface area contributed by atoms with Gasteiger partial charge in [0.05, 0.1) is 23.9 Å². The molecule has 43 heavy (non-hydrogen) atoms. The molecule has 0 aliphatic carbocycles. The Balaban J connectivity index is 1.34. The number of imidazole rings is 1. The van der Waals surface area contributed by atoms with Gasteiger partial charge in [-0.15, -0.1) is 0 Å². The van der Waals surface area contributed by atoms with Crippen molar-refractivity contribution < 1.29 is 22.4 Å². The zero-order valence-electron chi connectivity index (χ0n) is 23.1. The van der Waals surface area contributed by atoms with Crippen molar-refractivity contribution >= 4 is 23.2 Å². The number of fused-ring (bicyclic) bond motifs is 1. The van der Waals surface area contributed by atoms with Crippen molar-refractivity contribution in [3.63, 3.8) is 0 Å². The number of anilines is 2. The van der Waals surface area contributed by atoms with E-state index in [1.54, 1.807) is 63.7 Å². The van der Waals surface area contributed by atoms with E-state index in [1.807, 2.05) is 0 Å². The molecule has 0 saturated carbocycles. The van der Waals surface area contributed by atoms with Crippen LogP contribution in [-0.4, -0.2) is 79.1 Å². The SMILES string of the molecule is Cn1nc(-c2ccc(F)cc2)c(-c2ccc3nc(NC(=O)c4ccncc4)cn3n2)c1N1CCN(CCC(F)(F)F)CC1. The monoisotopic (exact) mass is 593 g/mol. The minimum atomic E-state index is -4.20. The van der Waals surface area contributed by atoms with E-state index in [2.05, 4.69) is 20.2 Å². The van der Waals surface area contributed by atoms with Gasteiger partial charge in [-0.2, -0.15) is 23.4 Å². The van der Waals surface area contributed by atoms with Crippen molar-refractivity contribution in [2.75, 3.05) is 42.9 Å². The highest BCUT2D eigenvalue weighted by atomic mass is 19.4. The number of rotatable bonds is 7. The summed E-state index contributed by atoms with van der Waals surface area (Å²) >= 11 is 0. The molecule has 1 saturated heterocycles. The highest BCUT2D eigenvalue weighted by Crippen LogP contribution is 2.39. The third-order valence-electron chi connectivity index (χ3n) is 7.28. The lowest BCUT2D eigenvalue weighted by Crippen LogP contribution is -2.47. The summed E-state index contributed by atoms with van der Waals surface area (Å²) in [6.07, 6.45) is -0.392. The summed E-state index contributed by atoms with van der Waals surface area (Å²) in [7, 11) is 1.80. The molecule has 1 fully saturated rings. The topological polar surface area (TPSA) is 96.5 Å². The van der Waals surface area contributed by atoms with Crippen LogP contribution in [0.1, 0.15) is 16.8 Å². The van der Waals surface area contributed by atoms with Gasteiger partial charge in [0.15, 0.2) is 11.5 Å². The maximum absolute atomic E-state index is 13.8. The smallest absolute Gasteiger partial charge is 0.354 e. The van der Waals surface area contributed by atoms with Crippen LogP contribution in [0.3, 0.4) is 0 Å². The molecule has 0 unspecified atom stereocenters. The van der Waals surface area contributed by atoms with Crippen LogP contribution in [0.4, 0.5) is 29.2 Å². The first-order chi connectivity index (χ1) is 20.6. The number of benzene rings is 1. The van der Waals surface area contributed by atoms with Crippen molar-refractivity contribution in [3.05, 3.63) is 78.5 Å². The van der Waals surface area contributed by atoms with Gasteiger partial charge in [0.25, 0.3) is 5.91 Å². The molecule has 0 radical (unpaired) electrons. The summed E-state index contributed by atoms with van der Waals surface area (Å²) in [5, 5.41) is 12.3. The van der Waals surface area contributed by atoms with Crippen LogP contribution in [0.25, 0.3) is 28.2 Å². The van der Waals surface area contributed by atoms with E-state index in [0.29, 0.717) is 65.7 Å². The van der Waals surface area contributed by atoms with Gasteiger partial charge in [-0.25, -0.2) is 13.9 Å². The quantitative estimate of drug-likeness (QED) is 0.274. The predicted molar refractivity (Wildman–Crippen MR) is 152 cm³/mol. The number of aryl methyl sites for hydroxylation is 1. The zero-order valence-corrected chi connectivity index (χ0v) is 23.1. The summed E-state index contributed by atoms with van der Waals surface area (Å²) in [6, 6.07) is 12.8. The van der Waals surface area contributed by atoms with Crippen molar-refractivity contribution in [1.82, 2.24) is 34.3 Å². The number of carbonyl (C=O) groups excluding carboxylic acids is 1. The third kappa shape index (κ3) is 6.18. The Bertz CT molecular complexity index is 1740. The van der Waals surface area contributed by atoms with Gasteiger partial charge in [-0.1, -0.05) is 0 Å². The second kappa shape index (κ2) is 11.4. The predicted octanol–water partition coefficient (Wildman–Crippen LogP) is 4.66. The molecule has 0 spiro atoms. The minimum Gasteiger partial charge on any atom is -0.354 e. The number of halogens is 4. The van der Waals surface area contributed by atoms with Crippen LogP contribution < -0.4 is 10.2 Å². The Morgan fingerprint density at radius 1 is 0.953 bits per heavy atom. The van der Waals surface area contributed by atoms with E-state index >= 15 is 0 Å². The van der Waals surface area contributed by atoms with Crippen LogP contribution >= 0.6 is 0 Å². The average molecular weight is 594 g/mol. The van der Waals surface area contributed by atoms with E-state index in [9.17, 15) is 22.4 Å². The Kier molecular flexibility index (Phi) is 7.52.